The number of alkyl halides is 4. The van der Waals surface area contributed by atoms with Gasteiger partial charge in [-0.2, -0.15) is 5.26 Å². The molecular formula is C101H89BCl3F4N13O7. The largest absolute Gasteiger partial charge is 0.494 e. The standard InChI is InChI=1S/C28H25F2N3O.C27H30BNO5.C15H9ClF2N2.C15H8ClN3.C15H9ClN2O.CH4.H4N2/c29-26(30)25-22-14-21(17-4-2-1-3-5-17)24(33-23(22)12-13-32-25)18-6-8-19(9-7-18)27(31)15-28(34,16-27)20-10-11-20;1-24(2)25(3,4)34-28(33-24)19-13-11-17(12-14-19)26(15-27(32,16-26)18-9-10-18)29-22(30)20-7-5-6-8-21(20)23(29)31;16-14-10(9-4-2-1-3-5-9)8-11-12(20-14)6-7-19-13(11)15(17)18;16-15-11(10-4-2-1-3-5-10)8-12-13(19-15)6-7-18-14(12)9-17;16-15-11(10-4-2-1-3-5-10)8-12-13(18-15)6-7-17-14(12)9-19;;1-2/h1-9,12-14,20,26,34H,10-11,15-16,31H2;5-8,11-14,18,32H,9-10,15-16H2,1-4H3;1-8,15H;1-8H;1-9H;1H4;1-2H2. The zero-order valence-corrected chi connectivity index (χ0v) is 72.1. The van der Waals surface area contributed by atoms with Crippen molar-refractivity contribution in [1.82, 2.24) is 44.8 Å². The van der Waals surface area contributed by atoms with Gasteiger partial charge in [-0.3, -0.25) is 45.9 Å². The minimum absolute atomic E-state index is 0. The van der Waals surface area contributed by atoms with E-state index in [9.17, 15) is 42.2 Å². The summed E-state index contributed by atoms with van der Waals surface area (Å²) in [5.74, 6) is 8.08. The molecule has 0 atom stereocenters. The SMILES string of the molecule is C.CC1(C)OB(c2ccc(C3(N4C(=O)c5ccccc5C4=O)CC(O)(C4CC4)C3)cc2)OC1(C)C.FC(F)c1nccc2nc(Cl)c(-c3ccccc3)cc12.N#Cc1nccc2nc(Cl)c(-c3ccccc3)cc12.NC1(c2ccc(-c3nc4ccnc(C(F)F)c4cc3-c3ccccc3)cc2)CC(O)(C2CC2)C1.NN.O=Cc1nccc2nc(Cl)c(-c3ccccc3)cc12. The molecule has 4 saturated carbocycles. The molecule has 10 heterocycles. The summed E-state index contributed by atoms with van der Waals surface area (Å²) in [6, 6.07) is 77.0. The van der Waals surface area contributed by atoms with E-state index in [0.717, 1.165) is 93.1 Å². The summed E-state index contributed by atoms with van der Waals surface area (Å²) in [7, 11) is -0.487. The summed E-state index contributed by atoms with van der Waals surface area (Å²) >= 11 is 18.6. The zero-order valence-electron chi connectivity index (χ0n) is 69.8. The molecule has 0 radical (unpaired) electrons. The van der Waals surface area contributed by atoms with Crippen LogP contribution in [0.25, 0.3) is 99.4 Å². The molecule has 0 bridgehead atoms. The summed E-state index contributed by atoms with van der Waals surface area (Å²) < 4.78 is 65.7. The number of carbonyl (C=O) groups is 3. The van der Waals surface area contributed by atoms with Crippen molar-refractivity contribution in [2.45, 2.75) is 133 Å². The van der Waals surface area contributed by atoms with E-state index in [1.165, 1.54) is 17.3 Å². The molecule has 7 aromatic carbocycles. The molecule has 2 aliphatic heterocycles. The molecule has 652 valence electrons. The van der Waals surface area contributed by atoms with Gasteiger partial charge >= 0.3 is 7.12 Å². The van der Waals surface area contributed by atoms with Gasteiger partial charge in [0.2, 0.25) is 0 Å². The van der Waals surface area contributed by atoms with Crippen molar-refractivity contribution in [3.8, 4) is 61.8 Å². The van der Waals surface area contributed by atoms with E-state index in [1.807, 2.05) is 210 Å². The quantitative estimate of drug-likeness (QED) is 0.0128. The summed E-state index contributed by atoms with van der Waals surface area (Å²) in [6.45, 7) is 8.08. The Morgan fingerprint density at radius 2 is 0.829 bits per heavy atom. The summed E-state index contributed by atoms with van der Waals surface area (Å²) in [6.07, 6.45) is 7.26. The number of imide groups is 1. The number of rotatable bonds is 14. The molecule has 20 nitrogen and oxygen atoms in total. The van der Waals surface area contributed by atoms with Crippen LogP contribution in [0.4, 0.5) is 17.6 Å². The minimum Gasteiger partial charge on any atom is -0.399 e. The van der Waals surface area contributed by atoms with Gasteiger partial charge in [0.15, 0.2) is 6.29 Å². The molecule has 28 heteroatoms. The number of pyridine rings is 8. The first kappa shape index (κ1) is 91.2. The first-order valence-electron chi connectivity index (χ1n) is 41.5. The number of nitriles is 1. The Morgan fingerprint density at radius 3 is 1.26 bits per heavy atom. The molecule has 6 aliphatic rings. The van der Waals surface area contributed by atoms with Crippen LogP contribution in [0.15, 0.2) is 267 Å². The van der Waals surface area contributed by atoms with Gasteiger partial charge in [-0.15, -0.1) is 0 Å². The molecule has 2 amide bonds. The van der Waals surface area contributed by atoms with Crippen molar-refractivity contribution < 1.29 is 51.5 Å². The minimum atomic E-state index is -2.68. The lowest BCUT2D eigenvalue weighted by Gasteiger charge is -2.57. The number of fused-ring (bicyclic) bond motifs is 5. The number of amides is 2. The molecule has 5 fully saturated rings. The van der Waals surface area contributed by atoms with Crippen molar-refractivity contribution in [1.29, 1.82) is 5.26 Å². The van der Waals surface area contributed by atoms with E-state index < -0.39 is 53.5 Å². The van der Waals surface area contributed by atoms with Crippen LogP contribution >= 0.6 is 34.8 Å². The van der Waals surface area contributed by atoms with Crippen molar-refractivity contribution in [3.63, 3.8) is 0 Å². The summed E-state index contributed by atoms with van der Waals surface area (Å²) in [4.78, 5) is 72.6. The van der Waals surface area contributed by atoms with Gasteiger partial charge in [0, 0.05) is 92.5 Å². The number of halogens is 7. The molecule has 4 aliphatic carbocycles. The van der Waals surface area contributed by atoms with Crippen LogP contribution in [0.5, 0.6) is 0 Å². The second-order valence-electron chi connectivity index (χ2n) is 33.6. The van der Waals surface area contributed by atoms with Crippen LogP contribution in [0, 0.1) is 23.2 Å². The van der Waals surface area contributed by atoms with Crippen molar-refractivity contribution >= 4 is 109 Å². The number of benzene rings is 7. The van der Waals surface area contributed by atoms with Gasteiger partial charge in [0.25, 0.3) is 24.7 Å². The lowest BCUT2D eigenvalue weighted by atomic mass is 9.58. The lowest BCUT2D eigenvalue weighted by Crippen LogP contribution is -2.65. The maximum absolute atomic E-state index is 13.6. The molecule has 1 saturated heterocycles. The topological polar surface area (TPSA) is 318 Å². The summed E-state index contributed by atoms with van der Waals surface area (Å²) in [5.41, 5.74) is 17.2. The number of aldehydes is 1. The lowest BCUT2D eigenvalue weighted by molar-refractivity contribution is -0.143. The second kappa shape index (κ2) is 37.3. The number of aliphatic hydroxyl groups is 2. The number of nitrogens with zero attached hydrogens (tertiary/aromatic N) is 10. The Kier molecular flexibility index (Phi) is 26.4. The highest BCUT2D eigenvalue weighted by Gasteiger charge is 2.66. The average molecular weight is 1790 g/mol. The van der Waals surface area contributed by atoms with E-state index in [1.54, 1.807) is 73.1 Å². The van der Waals surface area contributed by atoms with Crippen LogP contribution in [0.3, 0.4) is 0 Å². The van der Waals surface area contributed by atoms with Crippen molar-refractivity contribution in [2.75, 3.05) is 0 Å². The number of carbonyl (C=O) groups excluding carboxylic acids is 3. The van der Waals surface area contributed by atoms with Crippen molar-refractivity contribution in [2.24, 2.45) is 29.3 Å². The second-order valence-corrected chi connectivity index (χ2v) is 34.7. The third-order valence-electron chi connectivity index (χ3n) is 24.9. The fraction of sp³-hybridized carbons (Fsp3) is 0.228. The third kappa shape index (κ3) is 18.2. The molecule has 129 heavy (non-hydrogen) atoms. The van der Waals surface area contributed by atoms with E-state index in [0.29, 0.717) is 119 Å². The Balaban J connectivity index is 0.000000126. The van der Waals surface area contributed by atoms with E-state index >= 15 is 0 Å². The summed E-state index contributed by atoms with van der Waals surface area (Å²) in [5, 5.41) is 34.3. The smallest absolute Gasteiger partial charge is 0.399 e. The highest BCUT2D eigenvalue weighted by Crippen LogP contribution is 2.62. The first-order valence-corrected chi connectivity index (χ1v) is 42.6. The molecular weight excluding hydrogens is 1700 g/mol. The molecule has 8 aromatic heterocycles. The highest BCUT2D eigenvalue weighted by molar-refractivity contribution is 6.62. The van der Waals surface area contributed by atoms with Gasteiger partial charge in [-0.1, -0.05) is 224 Å². The monoisotopic (exact) mass is 1790 g/mol. The Labute approximate surface area is 757 Å². The van der Waals surface area contributed by atoms with Crippen LogP contribution in [-0.4, -0.2) is 103 Å². The Morgan fingerprint density at radius 1 is 0.465 bits per heavy atom. The van der Waals surface area contributed by atoms with Crippen LogP contribution in [0.1, 0.15) is 159 Å². The number of nitrogens with two attached hydrogens (primary N) is 3. The number of aromatic nitrogens is 8. The fourth-order valence-corrected chi connectivity index (χ4v) is 18.2. The van der Waals surface area contributed by atoms with Crippen LogP contribution in [0.2, 0.25) is 15.5 Å². The molecule has 21 rings (SSSR count). The van der Waals surface area contributed by atoms with Crippen LogP contribution < -0.4 is 22.9 Å². The van der Waals surface area contributed by atoms with Gasteiger partial charge in [-0.25, -0.2) is 42.5 Å². The van der Waals surface area contributed by atoms with Gasteiger partial charge in [-0.05, 0) is 178 Å². The predicted octanol–water partition coefficient (Wildman–Crippen LogP) is 21.3. The molecule has 8 N–H and O–H groups in total. The van der Waals surface area contributed by atoms with Gasteiger partial charge in [0.1, 0.15) is 44.3 Å². The fourth-order valence-electron chi connectivity index (χ4n) is 17.4. The molecule has 0 unspecified atom stereocenters. The van der Waals surface area contributed by atoms with Gasteiger partial charge < -0.3 is 25.3 Å². The average Bonchev–Trinajstić information content (AvgIpc) is 1.57. The Hall–Kier alpha value is -12.5. The maximum atomic E-state index is 13.6. The molecule has 15 aromatic rings. The van der Waals surface area contributed by atoms with Gasteiger partial charge in [0.05, 0.1) is 66.8 Å². The normalized spacial score (nSPS) is 19.6. The number of hydrazine groups is 1. The van der Waals surface area contributed by atoms with Crippen LogP contribution in [-0.2, 0) is 20.4 Å². The maximum Gasteiger partial charge on any atom is 0.494 e. The third-order valence-corrected chi connectivity index (χ3v) is 25.8. The first-order chi connectivity index (χ1) is 61.6. The van der Waals surface area contributed by atoms with E-state index in [2.05, 4.69) is 52.6 Å². The molecule has 0 spiro atoms. The number of hydrogen-bond acceptors (Lipinski definition) is 19. The zero-order chi connectivity index (χ0) is 90.2. The van der Waals surface area contributed by atoms with E-state index in [4.69, 9.17) is 60.1 Å². The number of hydrogen-bond donors (Lipinski definition) is 5. The van der Waals surface area contributed by atoms with Crippen molar-refractivity contribution in [3.05, 3.63) is 328 Å². The Bertz CT molecular complexity index is 6690. The highest BCUT2D eigenvalue weighted by atomic mass is 35.5. The van der Waals surface area contributed by atoms with E-state index in [-0.39, 0.29) is 41.7 Å². The predicted molar refractivity (Wildman–Crippen MR) is 496 cm³/mol.